The maximum atomic E-state index is 6.46. The number of allylic oxidation sites excluding steroid dienone is 4. The number of nitrogens with one attached hydrogen (secondary N) is 1. The Morgan fingerprint density at radius 1 is 0.644 bits per heavy atom. The SMILES string of the molecule is C=C(C)CNC(=C)/C=C/CCCCCCC/C=C\CCCCCC.CCC1CCC(N)C(CC2CC(N)C(CC)CC2CC)C1. The molecule has 0 aromatic heterocycles. The number of rotatable bonds is 22. The molecule has 262 valence electrons. The fraction of sp³-hybridized carbons (Fsp3) is 0.810. The third-order valence-corrected chi connectivity index (χ3v) is 10.9. The van der Waals surface area contributed by atoms with Crippen molar-refractivity contribution in [1.82, 2.24) is 5.32 Å². The molecule has 0 radical (unpaired) electrons. The van der Waals surface area contributed by atoms with Gasteiger partial charge in [-0.15, -0.1) is 0 Å². The van der Waals surface area contributed by atoms with Gasteiger partial charge in [-0.25, -0.2) is 0 Å². The van der Waals surface area contributed by atoms with E-state index in [1.54, 1.807) is 0 Å². The number of nitrogens with two attached hydrogens (primary N) is 2. The van der Waals surface area contributed by atoms with Crippen LogP contribution in [0.3, 0.4) is 0 Å². The quantitative estimate of drug-likeness (QED) is 0.0637. The van der Waals surface area contributed by atoms with Crippen LogP contribution in [0.4, 0.5) is 0 Å². The van der Waals surface area contributed by atoms with Crippen molar-refractivity contribution in [2.45, 2.75) is 182 Å². The summed E-state index contributed by atoms with van der Waals surface area (Å²) >= 11 is 0. The molecule has 0 aromatic rings. The zero-order valence-corrected chi connectivity index (χ0v) is 31.0. The molecule has 2 saturated carbocycles. The summed E-state index contributed by atoms with van der Waals surface area (Å²) in [6, 6.07) is 0.884. The van der Waals surface area contributed by atoms with Crippen molar-refractivity contribution in [2.75, 3.05) is 6.54 Å². The van der Waals surface area contributed by atoms with Gasteiger partial charge in [-0.1, -0.05) is 122 Å². The van der Waals surface area contributed by atoms with Crippen LogP contribution in [-0.2, 0) is 0 Å². The van der Waals surface area contributed by atoms with Gasteiger partial charge < -0.3 is 16.8 Å². The van der Waals surface area contributed by atoms with Crippen molar-refractivity contribution in [2.24, 2.45) is 41.1 Å². The molecule has 5 N–H and O–H groups in total. The maximum Gasteiger partial charge on any atom is 0.0354 e. The summed E-state index contributed by atoms with van der Waals surface area (Å²) in [6.45, 7) is 20.0. The van der Waals surface area contributed by atoms with Gasteiger partial charge in [0.1, 0.15) is 0 Å². The summed E-state index contributed by atoms with van der Waals surface area (Å²) in [5.74, 6) is 4.17. The zero-order chi connectivity index (χ0) is 33.3. The molecule has 2 aliphatic carbocycles. The second kappa shape index (κ2) is 26.7. The first-order valence-electron chi connectivity index (χ1n) is 19.6. The summed E-state index contributed by atoms with van der Waals surface area (Å²) in [4.78, 5) is 0. The van der Waals surface area contributed by atoms with Crippen LogP contribution in [0.15, 0.2) is 48.7 Å². The first-order valence-corrected chi connectivity index (χ1v) is 19.6. The summed E-state index contributed by atoms with van der Waals surface area (Å²) in [5, 5.41) is 3.24. The van der Waals surface area contributed by atoms with E-state index in [0.29, 0.717) is 12.1 Å². The first kappa shape index (κ1) is 41.7. The number of unbranched alkanes of at least 4 members (excludes halogenated alkanes) is 10. The molecule has 3 nitrogen and oxygen atoms in total. The Morgan fingerprint density at radius 3 is 1.82 bits per heavy atom. The van der Waals surface area contributed by atoms with Crippen LogP contribution in [0.25, 0.3) is 0 Å². The van der Waals surface area contributed by atoms with E-state index in [-0.39, 0.29) is 0 Å². The standard InChI is InChI=1S/C23H41N.C19H38N2/c1-5-6-7-8-9-10-11-12-13-14-15-16-17-18-19-20-23(4)24-21-22(2)3;1-4-13-7-8-18(20)17(9-13)11-16-12-19(21)15(6-3)10-14(16)5-2/h10-11,19-20,24H,2,4-9,12-18,21H2,1,3H3;13-19H,4-12,20-21H2,1-3H3/b11-10-,20-19+;. The van der Waals surface area contributed by atoms with Gasteiger partial charge in [0.05, 0.1) is 0 Å². The summed E-state index contributed by atoms with van der Waals surface area (Å²) in [7, 11) is 0. The van der Waals surface area contributed by atoms with Crippen LogP contribution in [0.5, 0.6) is 0 Å². The molecular formula is C42H79N3. The molecule has 2 aliphatic rings. The Labute approximate surface area is 282 Å². The summed E-state index contributed by atoms with van der Waals surface area (Å²) in [6.07, 6.45) is 36.9. The first-order chi connectivity index (χ1) is 21.7. The van der Waals surface area contributed by atoms with E-state index >= 15 is 0 Å². The minimum absolute atomic E-state index is 0.435. The van der Waals surface area contributed by atoms with Gasteiger partial charge in [-0.05, 0) is 120 Å². The van der Waals surface area contributed by atoms with Crippen molar-refractivity contribution >= 4 is 0 Å². The van der Waals surface area contributed by atoms with Crippen LogP contribution >= 0.6 is 0 Å². The molecule has 0 saturated heterocycles. The predicted octanol–water partition coefficient (Wildman–Crippen LogP) is 11.8. The molecule has 7 atom stereocenters. The Hall–Kier alpha value is -1.32. The molecule has 2 fully saturated rings. The lowest BCUT2D eigenvalue weighted by Crippen LogP contribution is -2.43. The van der Waals surface area contributed by atoms with Crippen molar-refractivity contribution in [1.29, 1.82) is 0 Å². The van der Waals surface area contributed by atoms with E-state index in [1.807, 2.05) is 6.92 Å². The lowest BCUT2D eigenvalue weighted by atomic mass is 9.64. The van der Waals surface area contributed by atoms with Gasteiger partial charge in [0.2, 0.25) is 0 Å². The third-order valence-electron chi connectivity index (χ3n) is 10.9. The van der Waals surface area contributed by atoms with E-state index in [0.717, 1.165) is 53.8 Å². The topological polar surface area (TPSA) is 64.1 Å². The Balaban J connectivity index is 0.000000453. The Morgan fingerprint density at radius 2 is 1.24 bits per heavy atom. The average Bonchev–Trinajstić information content (AvgIpc) is 3.03. The largest absolute Gasteiger partial charge is 0.382 e. The smallest absolute Gasteiger partial charge is 0.0354 e. The molecule has 45 heavy (non-hydrogen) atoms. The van der Waals surface area contributed by atoms with Crippen LogP contribution in [0, 0.1) is 29.6 Å². The predicted molar refractivity (Wildman–Crippen MR) is 203 cm³/mol. The third kappa shape index (κ3) is 19.8. The molecule has 2 rings (SSSR count). The van der Waals surface area contributed by atoms with E-state index in [9.17, 15) is 0 Å². The van der Waals surface area contributed by atoms with Gasteiger partial charge in [0.25, 0.3) is 0 Å². The summed E-state index contributed by atoms with van der Waals surface area (Å²) in [5.41, 5.74) is 15.0. The van der Waals surface area contributed by atoms with E-state index in [2.05, 4.69) is 70.5 Å². The van der Waals surface area contributed by atoms with Crippen LogP contribution in [-0.4, -0.2) is 18.6 Å². The highest BCUT2D eigenvalue weighted by atomic mass is 14.9. The molecule has 3 heteroatoms. The monoisotopic (exact) mass is 626 g/mol. The minimum Gasteiger partial charge on any atom is -0.382 e. The van der Waals surface area contributed by atoms with Gasteiger partial charge in [-0.3, -0.25) is 0 Å². The second-order valence-electron chi connectivity index (χ2n) is 14.9. The Bertz CT molecular complexity index is 798. The second-order valence-corrected chi connectivity index (χ2v) is 14.9. The van der Waals surface area contributed by atoms with Crippen LogP contribution in [0.2, 0.25) is 0 Å². The molecule has 0 spiro atoms. The highest BCUT2D eigenvalue weighted by Crippen LogP contribution is 2.43. The van der Waals surface area contributed by atoms with Crippen molar-refractivity contribution < 1.29 is 0 Å². The zero-order valence-electron chi connectivity index (χ0n) is 31.0. The molecular weight excluding hydrogens is 546 g/mol. The minimum atomic E-state index is 0.435. The number of hydrogen-bond donors (Lipinski definition) is 3. The highest BCUT2D eigenvalue weighted by Gasteiger charge is 2.37. The van der Waals surface area contributed by atoms with Gasteiger partial charge in [0.15, 0.2) is 0 Å². The highest BCUT2D eigenvalue weighted by molar-refractivity contribution is 5.13. The van der Waals surface area contributed by atoms with Crippen molar-refractivity contribution in [3.63, 3.8) is 0 Å². The lowest BCUT2D eigenvalue weighted by Gasteiger charge is -2.43. The molecule has 0 heterocycles. The van der Waals surface area contributed by atoms with Gasteiger partial charge in [0, 0.05) is 24.3 Å². The van der Waals surface area contributed by atoms with Crippen molar-refractivity contribution in [3.8, 4) is 0 Å². The van der Waals surface area contributed by atoms with E-state index in [4.69, 9.17) is 11.5 Å². The van der Waals surface area contributed by atoms with Crippen LogP contribution in [0.1, 0.15) is 169 Å². The fourth-order valence-electron chi connectivity index (χ4n) is 7.69. The van der Waals surface area contributed by atoms with Gasteiger partial charge >= 0.3 is 0 Å². The number of hydrogen-bond acceptors (Lipinski definition) is 3. The average molecular weight is 626 g/mol. The van der Waals surface area contributed by atoms with Crippen LogP contribution < -0.4 is 16.8 Å². The molecule has 7 unspecified atom stereocenters. The van der Waals surface area contributed by atoms with E-state index < -0.39 is 0 Å². The fourth-order valence-corrected chi connectivity index (χ4v) is 7.69. The molecule has 0 bridgehead atoms. The van der Waals surface area contributed by atoms with E-state index in [1.165, 1.54) is 128 Å². The Kier molecular flexibility index (Phi) is 24.8. The lowest BCUT2D eigenvalue weighted by molar-refractivity contribution is 0.101. The van der Waals surface area contributed by atoms with Gasteiger partial charge in [-0.2, -0.15) is 0 Å². The summed E-state index contributed by atoms with van der Waals surface area (Å²) < 4.78 is 0. The van der Waals surface area contributed by atoms with Crippen molar-refractivity contribution in [3.05, 3.63) is 48.7 Å². The molecule has 0 amide bonds. The molecule has 0 aromatic carbocycles. The normalized spacial score (nSPS) is 27.0. The molecule has 0 aliphatic heterocycles. The maximum absolute atomic E-state index is 6.46.